The van der Waals surface area contributed by atoms with E-state index in [9.17, 15) is 15.0 Å². The topological polar surface area (TPSA) is 110 Å². The molecule has 1 saturated heterocycles. The molecule has 2 N–H and O–H groups in total. The molecular weight excluding hydrogens is 564 g/mol. The first-order valence-corrected chi connectivity index (χ1v) is 14.8. The summed E-state index contributed by atoms with van der Waals surface area (Å²) in [5.74, 6) is 1.83. The Morgan fingerprint density at radius 1 is 0.795 bits per heavy atom. The van der Waals surface area contributed by atoms with Crippen LogP contribution in [0.2, 0.25) is 0 Å². The van der Waals surface area contributed by atoms with Crippen molar-refractivity contribution in [2.45, 2.75) is 57.5 Å². The molecule has 3 heterocycles. The summed E-state index contributed by atoms with van der Waals surface area (Å²) in [6.07, 6.45) is 0.722. The third-order valence-electron chi connectivity index (χ3n) is 9.67. The second-order valence-electron chi connectivity index (χ2n) is 11.7. The van der Waals surface area contributed by atoms with Crippen LogP contribution >= 0.6 is 0 Å². The van der Waals surface area contributed by atoms with Gasteiger partial charge in [-0.2, -0.15) is 0 Å². The maximum atomic E-state index is 14.6. The van der Waals surface area contributed by atoms with Gasteiger partial charge in [0.05, 0.1) is 65.8 Å². The minimum absolute atomic E-state index is 0.0216. The number of likely N-dealkylation sites (N-methyl/N-ethyl adjacent to an activating group) is 1. The van der Waals surface area contributed by atoms with E-state index in [1.807, 2.05) is 56.1 Å². The fraction of sp³-hybridized carbons (Fsp3) is 0.441. The minimum atomic E-state index is -0.639. The number of fused-ring (bicyclic) bond motifs is 7. The van der Waals surface area contributed by atoms with Crippen molar-refractivity contribution >= 4 is 5.91 Å². The number of phenols is 2. The Hall–Kier alpha value is -4.15. The Labute approximate surface area is 257 Å². The zero-order valence-corrected chi connectivity index (χ0v) is 26.3. The maximum Gasteiger partial charge on any atom is 0.241 e. The van der Waals surface area contributed by atoms with E-state index in [0.717, 1.165) is 16.7 Å². The van der Waals surface area contributed by atoms with Gasteiger partial charge in [-0.15, -0.1) is 0 Å². The SMILES string of the molecule is COc1c(C)c(OC)c2c(c1O)[C@@H]1[C@@H]3Cc4c(OC)c(C)c(OC)c(O)c4[C@H](COCc4ccccc4)N3C(=O)[C@H](C2)N1C. The lowest BCUT2D eigenvalue weighted by molar-refractivity contribution is -0.159. The highest BCUT2D eigenvalue weighted by Crippen LogP contribution is 2.58. The molecule has 6 rings (SSSR count). The van der Waals surface area contributed by atoms with E-state index in [0.29, 0.717) is 64.7 Å². The van der Waals surface area contributed by atoms with Gasteiger partial charge in [-0.05, 0) is 32.9 Å². The molecule has 0 aliphatic carbocycles. The summed E-state index contributed by atoms with van der Waals surface area (Å²) in [5, 5.41) is 23.4. The molecule has 3 aromatic rings. The van der Waals surface area contributed by atoms with E-state index in [1.54, 1.807) is 14.2 Å². The van der Waals surface area contributed by atoms with Gasteiger partial charge in [-0.1, -0.05) is 30.3 Å². The summed E-state index contributed by atoms with van der Waals surface area (Å²) in [6, 6.07) is 7.84. The van der Waals surface area contributed by atoms with Gasteiger partial charge in [0.15, 0.2) is 23.0 Å². The van der Waals surface area contributed by atoms with Crippen LogP contribution in [0.4, 0.5) is 0 Å². The third-order valence-corrected chi connectivity index (χ3v) is 9.67. The molecule has 0 saturated carbocycles. The fourth-order valence-electron chi connectivity index (χ4n) is 7.84. The number of carbonyl (C=O) groups excluding carboxylic acids is 1. The Balaban J connectivity index is 1.55. The molecule has 234 valence electrons. The van der Waals surface area contributed by atoms with Crippen LogP contribution in [-0.4, -0.2) is 80.1 Å². The van der Waals surface area contributed by atoms with Crippen LogP contribution in [0, 0.1) is 13.8 Å². The van der Waals surface area contributed by atoms with Crippen LogP contribution in [0.1, 0.15) is 51.0 Å². The molecule has 0 aromatic heterocycles. The predicted molar refractivity (Wildman–Crippen MR) is 163 cm³/mol. The second-order valence-corrected chi connectivity index (χ2v) is 11.7. The van der Waals surface area contributed by atoms with Crippen molar-refractivity contribution in [3.63, 3.8) is 0 Å². The van der Waals surface area contributed by atoms with Crippen LogP contribution in [0.25, 0.3) is 0 Å². The maximum absolute atomic E-state index is 14.6. The summed E-state index contributed by atoms with van der Waals surface area (Å²) >= 11 is 0. The number of carbonyl (C=O) groups is 1. The van der Waals surface area contributed by atoms with E-state index < -0.39 is 24.2 Å². The average Bonchev–Trinajstić information content (AvgIpc) is 3.01. The monoisotopic (exact) mass is 604 g/mol. The Morgan fingerprint density at radius 2 is 1.34 bits per heavy atom. The smallest absolute Gasteiger partial charge is 0.241 e. The summed E-state index contributed by atoms with van der Waals surface area (Å²) in [4.78, 5) is 18.5. The van der Waals surface area contributed by atoms with Crippen molar-refractivity contribution in [2.24, 2.45) is 0 Å². The number of phenolic OH excluding ortho intramolecular Hbond substituents is 2. The number of methoxy groups -OCH3 is 4. The van der Waals surface area contributed by atoms with E-state index in [1.165, 1.54) is 14.2 Å². The number of aromatic hydroxyl groups is 2. The standard InChI is InChI=1S/C34H40N2O8/c1-17-30(40-4)20-13-22-27-26-21(31(41-5)18(2)33(43-7)29(26)38)14-23(35(27)3)34(39)36(22)24(25(20)28(37)32(17)42-6)16-44-15-19-11-9-8-10-12-19/h8-12,22-24,27,37-38H,13-16H2,1-7H3/t22-,23-,24-,27-/m0/s1. The van der Waals surface area contributed by atoms with Gasteiger partial charge in [0.25, 0.3) is 0 Å². The van der Waals surface area contributed by atoms with Gasteiger partial charge >= 0.3 is 0 Å². The number of piperazine rings is 1. The number of benzene rings is 3. The summed E-state index contributed by atoms with van der Waals surface area (Å²) in [5.41, 5.74) is 5.21. The lowest BCUT2D eigenvalue weighted by atomic mass is 9.73. The molecule has 44 heavy (non-hydrogen) atoms. The van der Waals surface area contributed by atoms with Gasteiger partial charge in [-0.25, -0.2) is 0 Å². The third kappa shape index (κ3) is 4.26. The van der Waals surface area contributed by atoms with Gasteiger partial charge in [-0.3, -0.25) is 9.69 Å². The Kier molecular flexibility index (Phi) is 7.75. The number of rotatable bonds is 8. The van der Waals surface area contributed by atoms with Crippen molar-refractivity contribution in [1.82, 2.24) is 9.80 Å². The lowest BCUT2D eigenvalue weighted by Crippen LogP contribution is -2.67. The first kappa shape index (κ1) is 29.9. The fourth-order valence-corrected chi connectivity index (χ4v) is 7.84. The van der Waals surface area contributed by atoms with Gasteiger partial charge < -0.3 is 38.8 Å². The average molecular weight is 605 g/mol. The molecule has 3 aliphatic heterocycles. The number of hydrogen-bond donors (Lipinski definition) is 2. The number of ether oxygens (including phenoxy) is 5. The zero-order chi connectivity index (χ0) is 31.4. The largest absolute Gasteiger partial charge is 0.504 e. The van der Waals surface area contributed by atoms with Crippen LogP contribution in [-0.2, 0) is 29.0 Å². The Bertz CT molecular complexity index is 1610. The van der Waals surface area contributed by atoms with E-state index in [4.69, 9.17) is 23.7 Å². The second kappa shape index (κ2) is 11.4. The summed E-state index contributed by atoms with van der Waals surface area (Å²) < 4.78 is 29.4. The minimum Gasteiger partial charge on any atom is -0.504 e. The molecule has 10 nitrogen and oxygen atoms in total. The van der Waals surface area contributed by atoms with Gasteiger partial charge in [0, 0.05) is 39.8 Å². The first-order valence-electron chi connectivity index (χ1n) is 14.8. The van der Waals surface area contributed by atoms with Gasteiger partial charge in [0.1, 0.15) is 11.5 Å². The summed E-state index contributed by atoms with van der Waals surface area (Å²) in [6.45, 7) is 4.17. The van der Waals surface area contributed by atoms with E-state index >= 15 is 0 Å². The molecule has 4 atom stereocenters. The number of hydrogen-bond acceptors (Lipinski definition) is 9. The van der Waals surface area contributed by atoms with Crippen molar-refractivity contribution in [3.8, 4) is 34.5 Å². The molecule has 1 amide bonds. The lowest BCUT2D eigenvalue weighted by Gasteiger charge is -2.57. The summed E-state index contributed by atoms with van der Waals surface area (Å²) in [7, 11) is 8.16. The normalized spacial score (nSPS) is 22.2. The van der Waals surface area contributed by atoms with Crippen LogP contribution in [0.3, 0.4) is 0 Å². The molecule has 10 heteroatoms. The van der Waals surface area contributed by atoms with Crippen molar-refractivity contribution < 1.29 is 38.7 Å². The van der Waals surface area contributed by atoms with Crippen LogP contribution in [0.5, 0.6) is 34.5 Å². The van der Waals surface area contributed by atoms with Crippen molar-refractivity contribution in [3.05, 3.63) is 69.3 Å². The predicted octanol–water partition coefficient (Wildman–Crippen LogP) is 4.37. The quantitative estimate of drug-likeness (QED) is 0.387. The van der Waals surface area contributed by atoms with Gasteiger partial charge in [0.2, 0.25) is 5.91 Å². The van der Waals surface area contributed by atoms with Crippen molar-refractivity contribution in [1.29, 1.82) is 0 Å². The molecule has 3 aromatic carbocycles. The zero-order valence-electron chi connectivity index (χ0n) is 26.3. The van der Waals surface area contributed by atoms with Crippen LogP contribution < -0.4 is 18.9 Å². The highest BCUT2D eigenvalue weighted by atomic mass is 16.5. The highest BCUT2D eigenvalue weighted by molar-refractivity contribution is 5.87. The Morgan fingerprint density at radius 3 is 1.91 bits per heavy atom. The van der Waals surface area contributed by atoms with Crippen LogP contribution in [0.15, 0.2) is 30.3 Å². The number of amides is 1. The molecule has 0 radical (unpaired) electrons. The van der Waals surface area contributed by atoms with Crippen molar-refractivity contribution in [2.75, 3.05) is 42.1 Å². The molecular formula is C34H40N2O8. The molecule has 0 unspecified atom stereocenters. The highest BCUT2D eigenvalue weighted by Gasteiger charge is 2.56. The van der Waals surface area contributed by atoms with E-state index in [-0.39, 0.29) is 24.0 Å². The molecule has 3 aliphatic rings. The number of nitrogens with zero attached hydrogens (tertiary/aromatic N) is 2. The first-order chi connectivity index (χ1) is 21.2. The molecule has 0 spiro atoms. The molecule has 1 fully saturated rings. The van der Waals surface area contributed by atoms with E-state index in [2.05, 4.69) is 4.90 Å². The molecule has 2 bridgehead atoms.